The van der Waals surface area contributed by atoms with E-state index < -0.39 is 43.9 Å². The second-order valence-electron chi connectivity index (χ2n) is 12.4. The third-order valence-corrected chi connectivity index (χ3v) is 8.01. The van der Waals surface area contributed by atoms with E-state index in [9.17, 15) is 19.5 Å². The van der Waals surface area contributed by atoms with Crippen molar-refractivity contribution in [3.05, 3.63) is 42.4 Å². The molecule has 0 fully saturated rings. The van der Waals surface area contributed by atoms with E-state index >= 15 is 0 Å². The van der Waals surface area contributed by atoms with Crippen LogP contribution < -0.4 is 16.0 Å². The zero-order chi connectivity index (χ0) is 31.1. The molecule has 0 spiro atoms. The van der Waals surface area contributed by atoms with Crippen LogP contribution in [0.2, 0.25) is 25.7 Å². The molecule has 12 nitrogen and oxygen atoms in total. The highest BCUT2D eigenvalue weighted by Crippen LogP contribution is 2.33. The highest BCUT2D eigenvalue weighted by Gasteiger charge is 2.27. The number of imidazole rings is 1. The summed E-state index contributed by atoms with van der Waals surface area (Å²) >= 11 is 0. The molecular weight excluding hydrogens is 558 g/mol. The average Bonchev–Trinajstić information content (AvgIpc) is 3.29. The molecule has 0 saturated heterocycles. The van der Waals surface area contributed by atoms with Gasteiger partial charge in [0.15, 0.2) is 0 Å². The minimum atomic E-state index is -1.31. The Balaban J connectivity index is 2.09. The van der Waals surface area contributed by atoms with Gasteiger partial charge >= 0.3 is 18.2 Å². The number of aliphatic carboxylic acids is 1. The minimum absolute atomic E-state index is 0.178. The summed E-state index contributed by atoms with van der Waals surface area (Å²) in [4.78, 5) is 41.7. The summed E-state index contributed by atoms with van der Waals surface area (Å²) in [6, 6.07) is 4.51. The average molecular weight is 602 g/mol. The zero-order valence-corrected chi connectivity index (χ0v) is 26.4. The van der Waals surface area contributed by atoms with E-state index in [4.69, 9.17) is 19.2 Å². The Bertz CT molecular complexity index is 1300. The molecule has 230 valence electrons. The third kappa shape index (κ3) is 9.91. The SMILES string of the molecule is COC(=O)Nc1ccc2c(c1)N[C@@H](C(=O)O)CC=CC[C@H](NC(=O)OC(C)(C)C)c1nc-2cn1COCC[Si](C)(C)C. The van der Waals surface area contributed by atoms with Crippen LogP contribution >= 0.6 is 0 Å². The second-order valence-corrected chi connectivity index (χ2v) is 18.0. The molecule has 0 saturated carbocycles. The molecule has 2 amide bonds. The van der Waals surface area contributed by atoms with Crippen LogP contribution in [0.4, 0.5) is 21.0 Å². The van der Waals surface area contributed by atoms with Crippen molar-refractivity contribution in [3.8, 4) is 11.3 Å². The molecule has 13 heteroatoms. The number of ether oxygens (including phenoxy) is 3. The number of fused-ring (bicyclic) bond motifs is 4. The normalized spacial score (nSPS) is 17.1. The van der Waals surface area contributed by atoms with Crippen molar-refractivity contribution in [2.24, 2.45) is 0 Å². The molecule has 2 atom stereocenters. The molecule has 2 aromatic rings. The van der Waals surface area contributed by atoms with Gasteiger partial charge in [0.25, 0.3) is 0 Å². The molecule has 42 heavy (non-hydrogen) atoms. The summed E-state index contributed by atoms with van der Waals surface area (Å²) in [6.07, 6.45) is 4.68. The van der Waals surface area contributed by atoms with Gasteiger partial charge in [-0.25, -0.2) is 19.4 Å². The van der Waals surface area contributed by atoms with E-state index in [1.807, 2.05) is 16.8 Å². The highest BCUT2D eigenvalue weighted by atomic mass is 28.3. The Kier molecular flexibility index (Phi) is 10.8. The number of carbonyl (C=O) groups excluding carboxylic acids is 2. The Morgan fingerprint density at radius 1 is 1.14 bits per heavy atom. The molecular formula is C29H43N5O7Si. The first-order valence-electron chi connectivity index (χ1n) is 13.9. The number of nitrogens with zero attached hydrogens (tertiary/aromatic N) is 2. The van der Waals surface area contributed by atoms with Gasteiger partial charge in [-0.2, -0.15) is 0 Å². The summed E-state index contributed by atoms with van der Waals surface area (Å²) in [5.41, 5.74) is 1.33. The first-order valence-corrected chi connectivity index (χ1v) is 17.6. The van der Waals surface area contributed by atoms with Crippen LogP contribution in [0.15, 0.2) is 36.5 Å². The summed E-state index contributed by atoms with van der Waals surface area (Å²) in [5.74, 6) is -0.481. The molecule has 1 aliphatic heterocycles. The number of rotatable bonds is 8. The van der Waals surface area contributed by atoms with Gasteiger partial charge in [-0.1, -0.05) is 31.8 Å². The number of methoxy groups -OCH3 is 1. The zero-order valence-electron chi connectivity index (χ0n) is 25.4. The molecule has 1 aliphatic rings. The summed E-state index contributed by atoms with van der Waals surface area (Å²) in [5, 5.41) is 18.6. The third-order valence-electron chi connectivity index (χ3n) is 6.30. The number of aromatic nitrogens is 2. The summed E-state index contributed by atoms with van der Waals surface area (Å²) < 4.78 is 18.1. The van der Waals surface area contributed by atoms with Crippen molar-refractivity contribution >= 4 is 37.6 Å². The summed E-state index contributed by atoms with van der Waals surface area (Å²) in [6.45, 7) is 13.0. The number of hydrogen-bond donors (Lipinski definition) is 4. The lowest BCUT2D eigenvalue weighted by atomic mass is 10.1. The van der Waals surface area contributed by atoms with Gasteiger partial charge in [-0.3, -0.25) is 5.32 Å². The van der Waals surface area contributed by atoms with Crippen LogP contribution in [0.25, 0.3) is 11.3 Å². The predicted molar refractivity (Wildman–Crippen MR) is 163 cm³/mol. The van der Waals surface area contributed by atoms with Crippen LogP contribution in [0, 0.1) is 0 Å². The minimum Gasteiger partial charge on any atom is -0.480 e. The van der Waals surface area contributed by atoms with E-state index in [1.165, 1.54) is 7.11 Å². The first kappa shape index (κ1) is 32.7. The Morgan fingerprint density at radius 2 is 1.86 bits per heavy atom. The maximum atomic E-state index is 12.8. The fraction of sp³-hybridized carbons (Fsp3) is 0.517. The standard InChI is InChI=1S/C29H43N5O7Si/c1-29(2,3)41-28(38)33-21-10-8-9-11-22(26(35)36)31-23-16-19(30-27(37)39-4)12-13-20(23)24-17-34(25(21)32-24)18-40-14-15-42(5,6)7/h8-9,12-13,16-17,21-22,31H,10-11,14-15,18H2,1-7H3,(H,30,37)(H,33,38)(H,35,36)/t21-,22+/m0/s1. The van der Waals surface area contributed by atoms with Gasteiger partial charge in [0.05, 0.1) is 18.8 Å². The smallest absolute Gasteiger partial charge is 0.411 e. The van der Waals surface area contributed by atoms with Gasteiger partial charge < -0.3 is 34.5 Å². The molecule has 2 heterocycles. The molecule has 2 bridgehead atoms. The van der Waals surface area contributed by atoms with Crippen LogP contribution in [-0.4, -0.2) is 66.2 Å². The lowest BCUT2D eigenvalue weighted by Gasteiger charge is -2.24. The lowest BCUT2D eigenvalue weighted by Crippen LogP contribution is -2.36. The van der Waals surface area contributed by atoms with E-state index in [2.05, 4.69) is 35.6 Å². The number of amides is 2. The first-order chi connectivity index (χ1) is 19.6. The van der Waals surface area contributed by atoms with Gasteiger partial charge in [-0.05, 0) is 57.9 Å². The van der Waals surface area contributed by atoms with Crippen LogP contribution in [0.5, 0.6) is 0 Å². The van der Waals surface area contributed by atoms with Gasteiger partial charge in [-0.15, -0.1) is 0 Å². The van der Waals surface area contributed by atoms with Crippen molar-refractivity contribution in [2.45, 2.75) is 83.7 Å². The van der Waals surface area contributed by atoms with Gasteiger partial charge in [0.1, 0.15) is 24.2 Å². The van der Waals surface area contributed by atoms with Crippen molar-refractivity contribution in [2.75, 3.05) is 24.4 Å². The molecule has 0 unspecified atom stereocenters. The lowest BCUT2D eigenvalue weighted by molar-refractivity contribution is -0.137. The van der Waals surface area contributed by atoms with Crippen molar-refractivity contribution in [1.29, 1.82) is 0 Å². The molecule has 0 radical (unpaired) electrons. The highest BCUT2D eigenvalue weighted by molar-refractivity contribution is 6.76. The second kappa shape index (κ2) is 13.9. The quantitative estimate of drug-likeness (QED) is 0.166. The number of carboxylic acids is 1. The number of benzene rings is 1. The molecule has 4 N–H and O–H groups in total. The molecule has 0 aliphatic carbocycles. The van der Waals surface area contributed by atoms with Gasteiger partial charge in [0, 0.05) is 37.8 Å². The Labute approximate surface area is 247 Å². The van der Waals surface area contributed by atoms with Crippen molar-refractivity contribution < 1.29 is 33.7 Å². The van der Waals surface area contributed by atoms with Crippen LogP contribution in [0.1, 0.15) is 45.5 Å². The number of carbonyl (C=O) groups is 3. The van der Waals surface area contributed by atoms with Crippen molar-refractivity contribution in [1.82, 2.24) is 14.9 Å². The van der Waals surface area contributed by atoms with Gasteiger partial charge in [0.2, 0.25) is 0 Å². The monoisotopic (exact) mass is 601 g/mol. The number of hydrogen-bond acceptors (Lipinski definition) is 8. The Hall–Kier alpha value is -3.84. The van der Waals surface area contributed by atoms with E-state index in [1.54, 1.807) is 45.0 Å². The fourth-order valence-corrected chi connectivity index (χ4v) is 4.93. The summed E-state index contributed by atoms with van der Waals surface area (Å²) in [7, 11) is -0.0499. The maximum Gasteiger partial charge on any atom is 0.411 e. The van der Waals surface area contributed by atoms with E-state index in [0.717, 1.165) is 6.04 Å². The largest absolute Gasteiger partial charge is 0.480 e. The maximum absolute atomic E-state index is 12.8. The number of alkyl carbamates (subject to hydrolysis) is 1. The molecule has 1 aromatic heterocycles. The number of anilines is 2. The topological polar surface area (TPSA) is 153 Å². The number of carboxylic acid groups (broad SMARTS) is 1. The fourth-order valence-electron chi connectivity index (χ4n) is 4.17. The van der Waals surface area contributed by atoms with E-state index in [0.29, 0.717) is 41.5 Å². The van der Waals surface area contributed by atoms with Crippen molar-refractivity contribution in [3.63, 3.8) is 0 Å². The van der Waals surface area contributed by atoms with E-state index in [-0.39, 0.29) is 13.2 Å². The molecule has 3 rings (SSSR count). The van der Waals surface area contributed by atoms with Crippen LogP contribution in [-0.2, 0) is 25.7 Å². The molecule has 1 aromatic carbocycles. The van der Waals surface area contributed by atoms with Crippen LogP contribution in [0.3, 0.4) is 0 Å². The Morgan fingerprint density at radius 3 is 2.50 bits per heavy atom. The predicted octanol–water partition coefficient (Wildman–Crippen LogP) is 5.82. The number of nitrogens with one attached hydrogen (secondary N) is 3.